The summed E-state index contributed by atoms with van der Waals surface area (Å²) < 4.78 is 25.6. The summed E-state index contributed by atoms with van der Waals surface area (Å²) in [5.74, 6) is 0.816. The van der Waals surface area contributed by atoms with E-state index < -0.39 is 5.82 Å². The molecule has 29 heavy (non-hydrogen) atoms. The number of methoxy groups -OCH3 is 2. The second-order valence-corrected chi connectivity index (χ2v) is 6.99. The molecule has 0 bridgehead atoms. The number of rotatable bonds is 8. The van der Waals surface area contributed by atoms with Crippen molar-refractivity contribution in [1.82, 2.24) is 25.1 Å². The Kier molecular flexibility index (Phi) is 6.65. The van der Waals surface area contributed by atoms with Crippen LogP contribution in [0.2, 0.25) is 0 Å². The van der Waals surface area contributed by atoms with Crippen molar-refractivity contribution in [3.8, 4) is 17.2 Å². The highest BCUT2D eigenvalue weighted by Gasteiger charge is 2.17. The summed E-state index contributed by atoms with van der Waals surface area (Å²) in [7, 11) is 4.83. The highest BCUT2D eigenvalue weighted by atomic mass is 32.2. The molecule has 0 radical (unpaired) electrons. The van der Waals surface area contributed by atoms with Crippen LogP contribution in [-0.2, 0) is 11.3 Å². The lowest BCUT2D eigenvalue weighted by Gasteiger charge is -2.19. The summed E-state index contributed by atoms with van der Waals surface area (Å²) in [5.41, 5.74) is 1.32. The number of nitrogens with zero attached hydrogens (tertiary/aromatic N) is 5. The highest BCUT2D eigenvalue weighted by Crippen LogP contribution is 2.31. The van der Waals surface area contributed by atoms with Gasteiger partial charge in [-0.05, 0) is 34.7 Å². The molecular formula is C19H20FN5O3S. The second-order valence-electron chi connectivity index (χ2n) is 6.04. The van der Waals surface area contributed by atoms with Crippen molar-refractivity contribution in [1.29, 1.82) is 0 Å². The van der Waals surface area contributed by atoms with Crippen molar-refractivity contribution in [3.63, 3.8) is 0 Å². The second kappa shape index (κ2) is 9.37. The number of carbonyl (C=O) groups is 1. The van der Waals surface area contributed by atoms with Crippen molar-refractivity contribution in [2.45, 2.75) is 11.7 Å². The van der Waals surface area contributed by atoms with Gasteiger partial charge in [0.25, 0.3) is 0 Å². The van der Waals surface area contributed by atoms with Crippen molar-refractivity contribution >= 4 is 17.7 Å². The molecule has 0 N–H and O–H groups in total. The molecule has 8 nitrogen and oxygen atoms in total. The molecule has 1 aromatic heterocycles. The van der Waals surface area contributed by atoms with Crippen molar-refractivity contribution < 1.29 is 18.7 Å². The number of carbonyl (C=O) groups excluding carboxylic acids is 1. The zero-order valence-corrected chi connectivity index (χ0v) is 17.0. The Labute approximate surface area is 171 Å². The van der Waals surface area contributed by atoms with Crippen molar-refractivity contribution in [2.75, 3.05) is 27.0 Å². The number of hydrogen-bond acceptors (Lipinski definition) is 7. The quantitative estimate of drug-likeness (QED) is 0.521. The molecule has 0 aliphatic carbocycles. The molecule has 0 atom stereocenters. The van der Waals surface area contributed by atoms with Gasteiger partial charge in [-0.15, -0.1) is 5.10 Å². The maximum absolute atomic E-state index is 13.5. The van der Waals surface area contributed by atoms with Crippen LogP contribution >= 0.6 is 11.8 Å². The first kappa shape index (κ1) is 20.6. The van der Waals surface area contributed by atoms with E-state index in [0.717, 1.165) is 5.56 Å². The molecule has 0 saturated carbocycles. The average molecular weight is 417 g/mol. The van der Waals surface area contributed by atoms with E-state index in [1.165, 1.54) is 28.6 Å². The topological polar surface area (TPSA) is 82.4 Å². The molecule has 1 heterocycles. The number of aromatic nitrogens is 4. The molecule has 0 fully saturated rings. The number of hydrogen-bond donors (Lipinski definition) is 0. The number of ether oxygens (including phenoxy) is 2. The van der Waals surface area contributed by atoms with Crippen LogP contribution in [0.25, 0.3) is 5.69 Å². The van der Waals surface area contributed by atoms with Gasteiger partial charge < -0.3 is 14.4 Å². The first-order valence-electron chi connectivity index (χ1n) is 8.64. The van der Waals surface area contributed by atoms with Crippen molar-refractivity contribution in [2.24, 2.45) is 0 Å². The molecule has 2 aromatic carbocycles. The fourth-order valence-electron chi connectivity index (χ4n) is 2.70. The third-order valence-electron chi connectivity index (χ3n) is 4.14. The lowest BCUT2D eigenvalue weighted by atomic mass is 10.1. The lowest BCUT2D eigenvalue weighted by molar-refractivity contribution is -0.127. The number of benzene rings is 2. The van der Waals surface area contributed by atoms with Crippen LogP contribution in [0.4, 0.5) is 4.39 Å². The summed E-state index contributed by atoms with van der Waals surface area (Å²) in [4.78, 5) is 14.2. The summed E-state index contributed by atoms with van der Waals surface area (Å²) in [5, 5.41) is 11.8. The first-order chi connectivity index (χ1) is 14.0. The predicted octanol–water partition coefficient (Wildman–Crippen LogP) is 2.57. The van der Waals surface area contributed by atoms with Crippen LogP contribution in [0.5, 0.6) is 11.5 Å². The van der Waals surface area contributed by atoms with Crippen LogP contribution < -0.4 is 9.47 Å². The molecule has 0 aliphatic rings. The van der Waals surface area contributed by atoms with E-state index in [0.29, 0.717) is 28.9 Å². The third-order valence-corrected chi connectivity index (χ3v) is 5.04. The van der Waals surface area contributed by atoms with Crippen LogP contribution in [0.1, 0.15) is 5.56 Å². The van der Waals surface area contributed by atoms with Crippen LogP contribution in [-0.4, -0.2) is 58.0 Å². The molecule has 0 aliphatic heterocycles. The van der Waals surface area contributed by atoms with E-state index in [1.807, 2.05) is 12.1 Å². The Bertz CT molecular complexity index is 997. The molecule has 0 spiro atoms. The molecule has 0 unspecified atom stereocenters. The Balaban J connectivity index is 1.66. The van der Waals surface area contributed by atoms with Gasteiger partial charge in [-0.25, -0.2) is 4.39 Å². The molecule has 3 aromatic rings. The maximum atomic E-state index is 13.5. The van der Waals surface area contributed by atoms with Gasteiger partial charge in [0.15, 0.2) is 11.5 Å². The summed E-state index contributed by atoms with van der Waals surface area (Å²) in [6.45, 7) is 0.356. The fourth-order valence-corrected chi connectivity index (χ4v) is 3.53. The van der Waals surface area contributed by atoms with Crippen molar-refractivity contribution in [3.05, 3.63) is 53.8 Å². The van der Waals surface area contributed by atoms with Gasteiger partial charge in [-0.2, -0.15) is 4.68 Å². The molecule has 10 heteroatoms. The van der Waals surface area contributed by atoms with Crippen LogP contribution in [0, 0.1) is 5.82 Å². The summed E-state index contributed by atoms with van der Waals surface area (Å²) >= 11 is 1.18. The standard InChI is InChI=1S/C19H20FN5O3S/c1-24(11-13-6-4-9-16(27-2)18(13)28-3)17(26)12-29-19-21-22-23-25(19)15-8-5-7-14(20)10-15/h4-10H,11-12H2,1-3H3. The minimum atomic E-state index is -0.392. The average Bonchev–Trinajstić information content (AvgIpc) is 3.20. The van der Waals surface area contributed by atoms with Gasteiger partial charge in [-0.3, -0.25) is 4.79 Å². The minimum absolute atomic E-state index is 0.117. The van der Waals surface area contributed by atoms with E-state index in [-0.39, 0.29) is 11.7 Å². The third kappa shape index (κ3) is 4.83. The number of tetrazole rings is 1. The van der Waals surface area contributed by atoms with E-state index in [9.17, 15) is 9.18 Å². The van der Waals surface area contributed by atoms with Gasteiger partial charge in [0.1, 0.15) is 5.82 Å². The number of thioether (sulfide) groups is 1. The Morgan fingerprint density at radius 2 is 2.00 bits per heavy atom. The smallest absolute Gasteiger partial charge is 0.233 e. The van der Waals surface area contributed by atoms with Gasteiger partial charge in [-0.1, -0.05) is 30.0 Å². The van der Waals surface area contributed by atoms with E-state index >= 15 is 0 Å². The Hall–Kier alpha value is -3.14. The number of para-hydroxylation sites is 1. The largest absolute Gasteiger partial charge is 0.493 e. The van der Waals surface area contributed by atoms with Crippen LogP contribution in [0.15, 0.2) is 47.6 Å². The minimum Gasteiger partial charge on any atom is -0.493 e. The van der Waals surface area contributed by atoms with Gasteiger partial charge in [0.2, 0.25) is 11.1 Å². The van der Waals surface area contributed by atoms with E-state index in [1.54, 1.807) is 44.4 Å². The van der Waals surface area contributed by atoms with Gasteiger partial charge in [0.05, 0.1) is 25.7 Å². The summed E-state index contributed by atoms with van der Waals surface area (Å²) in [6, 6.07) is 11.4. The molecular weight excluding hydrogens is 397 g/mol. The van der Waals surface area contributed by atoms with Crippen LogP contribution in [0.3, 0.4) is 0 Å². The number of halogens is 1. The lowest BCUT2D eigenvalue weighted by Crippen LogP contribution is -2.28. The zero-order valence-electron chi connectivity index (χ0n) is 16.2. The van der Waals surface area contributed by atoms with E-state index in [4.69, 9.17) is 9.47 Å². The van der Waals surface area contributed by atoms with E-state index in [2.05, 4.69) is 15.5 Å². The first-order valence-corrected chi connectivity index (χ1v) is 9.63. The zero-order chi connectivity index (χ0) is 20.8. The molecule has 3 rings (SSSR count). The van der Waals surface area contributed by atoms with Gasteiger partial charge in [0, 0.05) is 19.2 Å². The molecule has 1 amide bonds. The highest BCUT2D eigenvalue weighted by molar-refractivity contribution is 7.99. The Morgan fingerprint density at radius 3 is 2.72 bits per heavy atom. The Morgan fingerprint density at radius 1 is 1.21 bits per heavy atom. The normalized spacial score (nSPS) is 10.6. The monoisotopic (exact) mass is 417 g/mol. The maximum Gasteiger partial charge on any atom is 0.233 e. The molecule has 0 saturated heterocycles. The number of amides is 1. The SMILES string of the molecule is COc1cccc(CN(C)C(=O)CSc2nnnn2-c2cccc(F)c2)c1OC. The predicted molar refractivity (Wildman–Crippen MR) is 106 cm³/mol. The molecule has 152 valence electrons. The fraction of sp³-hybridized carbons (Fsp3) is 0.263. The van der Waals surface area contributed by atoms with Gasteiger partial charge >= 0.3 is 0 Å². The summed E-state index contributed by atoms with van der Waals surface area (Å²) in [6.07, 6.45) is 0.